The van der Waals surface area contributed by atoms with Gasteiger partial charge in [0.15, 0.2) is 0 Å². The number of carbonyl (C=O) groups is 2. The highest BCUT2D eigenvalue weighted by Crippen LogP contribution is 2.59. The van der Waals surface area contributed by atoms with E-state index in [1.807, 2.05) is 0 Å². The van der Waals surface area contributed by atoms with Crippen molar-refractivity contribution in [2.45, 2.75) is 51.7 Å². The Balaban J connectivity index is 1.23. The molecule has 184 valence electrons. The highest BCUT2D eigenvalue weighted by atomic mass is 19.4. The van der Waals surface area contributed by atoms with Crippen molar-refractivity contribution in [1.82, 2.24) is 9.80 Å². The molecule has 2 saturated heterocycles. The molecule has 5 aliphatic rings. The van der Waals surface area contributed by atoms with E-state index >= 15 is 0 Å². The molecule has 3 aliphatic carbocycles. The Labute approximate surface area is 196 Å². The molecule has 2 heterocycles. The minimum Gasteiger partial charge on any atom is -0.312 e. The summed E-state index contributed by atoms with van der Waals surface area (Å²) in [6, 6.07) is 0.948. The maximum Gasteiger partial charge on any atom is 0.416 e. The summed E-state index contributed by atoms with van der Waals surface area (Å²) in [6.45, 7) is 7.00. The minimum atomic E-state index is -4.78. The van der Waals surface area contributed by atoms with E-state index in [9.17, 15) is 27.2 Å². The quantitative estimate of drug-likeness (QED) is 0.344. The molecule has 1 aromatic rings. The number of imide groups is 1. The summed E-state index contributed by atoms with van der Waals surface area (Å²) in [5, 5.41) is 0. The van der Waals surface area contributed by atoms with Gasteiger partial charge in [0.25, 0.3) is 5.91 Å². The molecule has 2 aliphatic heterocycles. The Morgan fingerprint density at radius 3 is 2.41 bits per heavy atom. The molecular formula is C25H29F4N3O2. The van der Waals surface area contributed by atoms with Crippen LogP contribution >= 0.6 is 0 Å². The van der Waals surface area contributed by atoms with E-state index in [1.54, 1.807) is 0 Å². The maximum absolute atomic E-state index is 13.9. The number of urea groups is 1. The molecule has 0 N–H and O–H groups in total. The lowest BCUT2D eigenvalue weighted by molar-refractivity contribution is -0.137. The van der Waals surface area contributed by atoms with E-state index in [1.165, 1.54) is 16.9 Å². The molecule has 1 saturated carbocycles. The van der Waals surface area contributed by atoms with E-state index in [0.717, 1.165) is 38.0 Å². The number of piperidine rings is 1. The number of nitrogens with zero attached hydrogens (tertiary/aromatic N) is 3. The third-order valence-corrected chi connectivity index (χ3v) is 8.45. The number of allylic oxidation sites excluding steroid dienone is 1. The first kappa shape index (κ1) is 23.3. The van der Waals surface area contributed by atoms with Gasteiger partial charge < -0.3 is 4.90 Å². The van der Waals surface area contributed by atoms with Crippen molar-refractivity contribution < 1.29 is 27.2 Å². The number of amides is 3. The summed E-state index contributed by atoms with van der Waals surface area (Å²) in [5.41, 5.74) is 0.272. The van der Waals surface area contributed by atoms with E-state index in [4.69, 9.17) is 0 Å². The lowest BCUT2D eigenvalue weighted by Crippen LogP contribution is -2.51. The van der Waals surface area contributed by atoms with Gasteiger partial charge in [-0.2, -0.15) is 13.2 Å². The van der Waals surface area contributed by atoms with Crippen LogP contribution in [0.2, 0.25) is 0 Å². The van der Waals surface area contributed by atoms with Crippen LogP contribution in [0.15, 0.2) is 29.8 Å². The third-order valence-electron chi connectivity index (χ3n) is 8.45. The van der Waals surface area contributed by atoms with Crippen LogP contribution < -0.4 is 4.90 Å². The number of benzene rings is 1. The van der Waals surface area contributed by atoms with E-state index < -0.39 is 29.5 Å². The first-order chi connectivity index (χ1) is 15.9. The van der Waals surface area contributed by atoms with Crippen molar-refractivity contribution in [1.29, 1.82) is 0 Å². The molecule has 0 unspecified atom stereocenters. The van der Waals surface area contributed by atoms with Gasteiger partial charge in [0, 0.05) is 25.7 Å². The standard InChI is InChI=1S/C25H29F4N3O2/c1-24(2)16-4-3-15(21(24)11-16)13-30-7-5-19(6-8-30)31-14-22(33)32(23(31)34)20-10-17(25(27,28)29)9-18(26)12-20/h3,9-10,12,16,19,21H,4-8,11,13-14H2,1-2H3/t16-,21-/m0/s1. The smallest absolute Gasteiger partial charge is 0.312 e. The number of rotatable bonds is 4. The van der Waals surface area contributed by atoms with Gasteiger partial charge in [0.2, 0.25) is 0 Å². The molecule has 3 amide bonds. The van der Waals surface area contributed by atoms with Crippen LogP contribution in [0.5, 0.6) is 0 Å². The van der Waals surface area contributed by atoms with Crippen LogP contribution in [-0.4, -0.2) is 54.0 Å². The Bertz CT molecular complexity index is 1040. The first-order valence-corrected chi connectivity index (χ1v) is 11.9. The van der Waals surface area contributed by atoms with Gasteiger partial charge in [0.1, 0.15) is 12.4 Å². The van der Waals surface area contributed by atoms with Gasteiger partial charge in [-0.15, -0.1) is 0 Å². The van der Waals surface area contributed by atoms with Crippen LogP contribution in [0.4, 0.5) is 28.0 Å². The second kappa shape index (κ2) is 8.07. The Hall–Kier alpha value is -2.42. The van der Waals surface area contributed by atoms with Crippen LogP contribution in [-0.2, 0) is 11.0 Å². The van der Waals surface area contributed by atoms with Gasteiger partial charge in [0.05, 0.1) is 11.3 Å². The highest BCUT2D eigenvalue weighted by molar-refractivity contribution is 6.19. The average molecular weight is 480 g/mol. The summed E-state index contributed by atoms with van der Waals surface area (Å²) in [4.78, 5) is 30.1. The Morgan fingerprint density at radius 1 is 1.09 bits per heavy atom. The molecule has 2 atom stereocenters. The lowest BCUT2D eigenvalue weighted by Gasteiger charge is -2.57. The van der Waals surface area contributed by atoms with Gasteiger partial charge in [-0.05, 0) is 61.1 Å². The van der Waals surface area contributed by atoms with Gasteiger partial charge in [-0.3, -0.25) is 9.69 Å². The molecule has 34 heavy (non-hydrogen) atoms. The van der Waals surface area contributed by atoms with Crippen molar-refractivity contribution in [2.24, 2.45) is 17.3 Å². The highest BCUT2D eigenvalue weighted by Gasteiger charge is 2.51. The fourth-order valence-electron chi connectivity index (χ4n) is 6.23. The number of hydrogen-bond acceptors (Lipinski definition) is 3. The lowest BCUT2D eigenvalue weighted by atomic mass is 9.49. The number of alkyl halides is 3. The molecule has 0 radical (unpaired) electrons. The van der Waals surface area contributed by atoms with Crippen LogP contribution in [0.3, 0.4) is 0 Å². The second-order valence-electron chi connectivity index (χ2n) is 10.7. The van der Waals surface area contributed by atoms with Crippen molar-refractivity contribution in [3.63, 3.8) is 0 Å². The Morgan fingerprint density at radius 2 is 1.79 bits per heavy atom. The van der Waals surface area contributed by atoms with Crippen molar-refractivity contribution in [3.8, 4) is 0 Å². The van der Waals surface area contributed by atoms with E-state index in [2.05, 4.69) is 24.8 Å². The van der Waals surface area contributed by atoms with E-state index in [-0.39, 0.29) is 18.3 Å². The summed E-state index contributed by atoms with van der Waals surface area (Å²) in [7, 11) is 0. The molecule has 6 rings (SSSR count). The largest absolute Gasteiger partial charge is 0.416 e. The monoisotopic (exact) mass is 479 g/mol. The van der Waals surface area contributed by atoms with Crippen molar-refractivity contribution >= 4 is 17.6 Å². The summed E-state index contributed by atoms with van der Waals surface area (Å²) in [6.07, 6.45) is 1.41. The number of hydrogen-bond donors (Lipinski definition) is 0. The number of likely N-dealkylation sites (tertiary alicyclic amines) is 1. The zero-order valence-corrected chi connectivity index (χ0v) is 19.4. The van der Waals surface area contributed by atoms with Crippen molar-refractivity contribution in [3.05, 3.63) is 41.2 Å². The molecule has 2 bridgehead atoms. The second-order valence-corrected chi connectivity index (χ2v) is 10.7. The normalized spacial score (nSPS) is 27.8. The average Bonchev–Trinajstić information content (AvgIpc) is 3.07. The first-order valence-electron chi connectivity index (χ1n) is 11.9. The summed E-state index contributed by atoms with van der Waals surface area (Å²) in [5.74, 6) is -0.349. The SMILES string of the molecule is CC1(C)[C@H]2CC=C(CN3CCC(N4CC(=O)N(c5cc(F)cc(C(F)(F)F)c5)C4=O)CC3)[C@@H]1C2. The summed E-state index contributed by atoms with van der Waals surface area (Å²) < 4.78 is 53.1. The molecule has 3 fully saturated rings. The molecular weight excluding hydrogens is 450 g/mol. The molecule has 1 aromatic carbocycles. The summed E-state index contributed by atoms with van der Waals surface area (Å²) >= 11 is 0. The van der Waals surface area contributed by atoms with E-state index in [0.29, 0.717) is 41.2 Å². The number of anilines is 1. The zero-order chi connectivity index (χ0) is 24.4. The molecule has 9 heteroatoms. The fraction of sp³-hybridized carbons (Fsp3) is 0.600. The number of carbonyl (C=O) groups excluding carboxylic acids is 2. The Kier molecular flexibility index (Phi) is 5.54. The van der Waals surface area contributed by atoms with Gasteiger partial charge >= 0.3 is 12.2 Å². The number of halogens is 4. The predicted molar refractivity (Wildman–Crippen MR) is 119 cm³/mol. The topological polar surface area (TPSA) is 43.9 Å². The number of fused-ring (bicyclic) bond motifs is 1. The van der Waals surface area contributed by atoms with Crippen LogP contribution in [0, 0.1) is 23.1 Å². The minimum absolute atomic E-state index is 0.168. The molecule has 5 nitrogen and oxygen atoms in total. The van der Waals surface area contributed by atoms with Crippen LogP contribution in [0.25, 0.3) is 0 Å². The van der Waals surface area contributed by atoms with Crippen molar-refractivity contribution in [2.75, 3.05) is 31.1 Å². The molecule has 0 spiro atoms. The zero-order valence-electron chi connectivity index (χ0n) is 19.4. The third kappa shape index (κ3) is 3.91. The predicted octanol–water partition coefficient (Wildman–Crippen LogP) is 5.07. The van der Waals surface area contributed by atoms with Crippen LogP contribution in [0.1, 0.15) is 45.1 Å². The van der Waals surface area contributed by atoms with Gasteiger partial charge in [-0.25, -0.2) is 14.1 Å². The molecule has 0 aromatic heterocycles. The maximum atomic E-state index is 13.9. The fourth-order valence-corrected chi connectivity index (χ4v) is 6.23. The van der Waals surface area contributed by atoms with Gasteiger partial charge in [-0.1, -0.05) is 25.5 Å².